The molecule has 0 aromatic heterocycles. The molecule has 2 fully saturated rings. The van der Waals surface area contributed by atoms with Crippen LogP contribution in [0.2, 0.25) is 24.2 Å². The predicted molar refractivity (Wildman–Crippen MR) is 108 cm³/mol. The normalized spacial score (nSPS) is 29.2. The van der Waals surface area contributed by atoms with Gasteiger partial charge in [-0.15, -0.1) is 23.4 Å². The molecular weight excluding hydrogens is 374 g/mol. The van der Waals surface area contributed by atoms with E-state index in [4.69, 9.17) is 16.3 Å². The molecule has 2 rings (SSSR count). The molecule has 0 bridgehead atoms. The van der Waals surface area contributed by atoms with E-state index in [1.54, 1.807) is 17.8 Å². The highest BCUT2D eigenvalue weighted by Gasteiger charge is 2.60. The number of rotatable bonds is 7. The largest absolute Gasteiger partial charge is 0.461 e. The number of alkyl halides is 1. The summed E-state index contributed by atoms with van der Waals surface area (Å²) in [6.07, 6.45) is 2.46. The fourth-order valence-electron chi connectivity index (χ4n) is 3.20. The molecule has 2 unspecified atom stereocenters. The van der Waals surface area contributed by atoms with Crippen LogP contribution in [0.1, 0.15) is 27.2 Å². The summed E-state index contributed by atoms with van der Waals surface area (Å²) >= 11 is 7.62. The van der Waals surface area contributed by atoms with Gasteiger partial charge in [0.15, 0.2) is 0 Å². The average molecular weight is 404 g/mol. The van der Waals surface area contributed by atoms with Crippen LogP contribution in [0.15, 0.2) is 12.7 Å². The zero-order valence-electron chi connectivity index (χ0n) is 15.9. The van der Waals surface area contributed by atoms with Crippen molar-refractivity contribution in [3.63, 3.8) is 0 Å². The van der Waals surface area contributed by atoms with E-state index in [9.17, 15) is 9.59 Å². The van der Waals surface area contributed by atoms with Gasteiger partial charge in [0.05, 0.1) is 25.4 Å². The van der Waals surface area contributed by atoms with E-state index in [1.807, 2.05) is 4.90 Å². The van der Waals surface area contributed by atoms with Gasteiger partial charge in [0, 0.05) is 5.88 Å². The molecule has 1 amide bonds. The Balaban J connectivity index is 2.02. The van der Waals surface area contributed by atoms with Gasteiger partial charge < -0.3 is 9.64 Å². The molecule has 142 valence electrons. The van der Waals surface area contributed by atoms with Crippen LogP contribution in [0.5, 0.6) is 0 Å². The average Bonchev–Trinajstić information content (AvgIpc) is 2.86. The summed E-state index contributed by atoms with van der Waals surface area (Å²) in [5.74, 6) is 0.140. The van der Waals surface area contributed by atoms with Crippen LogP contribution in [-0.4, -0.2) is 54.0 Å². The van der Waals surface area contributed by atoms with Crippen LogP contribution >= 0.6 is 23.4 Å². The van der Waals surface area contributed by atoms with Crippen molar-refractivity contribution < 1.29 is 14.3 Å². The summed E-state index contributed by atoms with van der Waals surface area (Å²) in [4.78, 5) is 26.7. The van der Waals surface area contributed by atoms with Crippen molar-refractivity contribution in [3.05, 3.63) is 12.7 Å². The number of fused-ring (bicyclic) bond motifs is 1. The van der Waals surface area contributed by atoms with Gasteiger partial charge in [0.25, 0.3) is 0 Å². The Bertz CT molecular complexity index is 549. The highest BCUT2D eigenvalue weighted by atomic mass is 35.5. The molecule has 0 saturated carbocycles. The van der Waals surface area contributed by atoms with E-state index in [0.29, 0.717) is 5.04 Å². The first-order valence-corrected chi connectivity index (χ1v) is 13.5. The van der Waals surface area contributed by atoms with Gasteiger partial charge in [-0.1, -0.05) is 52.6 Å². The topological polar surface area (TPSA) is 46.6 Å². The lowest BCUT2D eigenvalue weighted by atomic mass is 9.93. The van der Waals surface area contributed by atoms with Crippen molar-refractivity contribution in [2.24, 2.45) is 5.92 Å². The first kappa shape index (κ1) is 20.8. The van der Waals surface area contributed by atoms with E-state index >= 15 is 0 Å². The summed E-state index contributed by atoms with van der Waals surface area (Å²) in [7, 11) is -1.41. The summed E-state index contributed by atoms with van der Waals surface area (Å²) in [6.45, 7) is 15.4. The van der Waals surface area contributed by atoms with Gasteiger partial charge in [-0.05, 0) is 11.5 Å². The molecule has 2 aliphatic heterocycles. The Hall–Kier alpha value is -0.463. The Morgan fingerprint density at radius 3 is 2.60 bits per heavy atom. The minimum Gasteiger partial charge on any atom is -0.461 e. The van der Waals surface area contributed by atoms with E-state index in [2.05, 4.69) is 40.4 Å². The third kappa shape index (κ3) is 3.96. The molecule has 4 atom stereocenters. The van der Waals surface area contributed by atoms with Gasteiger partial charge in [-0.2, -0.15) is 0 Å². The smallest absolute Gasteiger partial charge is 0.321 e. The summed E-state index contributed by atoms with van der Waals surface area (Å²) in [6, 6.07) is 0.861. The molecule has 0 spiro atoms. The van der Waals surface area contributed by atoms with Crippen molar-refractivity contribution in [2.45, 2.75) is 68.0 Å². The van der Waals surface area contributed by atoms with Crippen molar-refractivity contribution in [1.29, 1.82) is 0 Å². The number of amides is 1. The summed E-state index contributed by atoms with van der Waals surface area (Å²) in [5.41, 5.74) is 0. The minimum absolute atomic E-state index is 0.0158. The standard InChI is InChI=1S/C18H30ClNO3SSi/c1-7-9-23-17(22)14-13(11-19)20-15(21)12(16(20)24-14)8-10-25(5,6)18(2,3)4/h7,12-14,16H,1,8-11H2,2-6H3/t12-,13?,14?,16+/m0/s1. The lowest BCUT2D eigenvalue weighted by Gasteiger charge is -2.46. The van der Waals surface area contributed by atoms with Crippen LogP contribution < -0.4 is 0 Å². The first-order valence-electron chi connectivity index (χ1n) is 8.86. The number of esters is 1. The number of hydrogen-bond donors (Lipinski definition) is 0. The Morgan fingerprint density at radius 1 is 1.44 bits per heavy atom. The van der Waals surface area contributed by atoms with Gasteiger partial charge in [0.1, 0.15) is 11.9 Å². The van der Waals surface area contributed by atoms with Crippen LogP contribution in [-0.2, 0) is 14.3 Å². The third-order valence-electron chi connectivity index (χ3n) is 6.03. The highest BCUT2D eigenvalue weighted by Crippen LogP contribution is 2.51. The SMILES string of the molecule is C=CCOC(=O)C1S[C@@H]2[C@@H](CC[Si](C)(C)C(C)(C)C)C(=O)N2C1CCl. The lowest BCUT2D eigenvalue weighted by molar-refractivity contribution is -0.153. The number of halogens is 1. The maximum atomic E-state index is 12.7. The number of carbonyl (C=O) groups is 2. The second-order valence-electron chi connectivity index (χ2n) is 8.61. The van der Waals surface area contributed by atoms with Crippen molar-refractivity contribution in [3.8, 4) is 0 Å². The van der Waals surface area contributed by atoms with Gasteiger partial charge in [0.2, 0.25) is 5.91 Å². The Labute approximate surface area is 161 Å². The second kappa shape index (κ2) is 7.65. The van der Waals surface area contributed by atoms with E-state index in [1.165, 1.54) is 0 Å². The number of carbonyl (C=O) groups excluding carboxylic acids is 2. The molecule has 2 aliphatic rings. The number of hydrogen-bond acceptors (Lipinski definition) is 4. The molecule has 0 aromatic carbocycles. The fourth-order valence-corrected chi connectivity index (χ4v) is 7.14. The Morgan fingerprint density at radius 2 is 2.08 bits per heavy atom. The molecule has 0 N–H and O–H groups in total. The monoisotopic (exact) mass is 403 g/mol. The maximum Gasteiger partial charge on any atom is 0.321 e. The van der Waals surface area contributed by atoms with Crippen LogP contribution in [0.4, 0.5) is 0 Å². The van der Waals surface area contributed by atoms with E-state index < -0.39 is 8.07 Å². The molecule has 7 heteroatoms. The van der Waals surface area contributed by atoms with Crippen LogP contribution in [0.25, 0.3) is 0 Å². The van der Waals surface area contributed by atoms with Gasteiger partial charge >= 0.3 is 5.97 Å². The molecule has 4 nitrogen and oxygen atoms in total. The lowest BCUT2D eigenvalue weighted by Crippen LogP contribution is -2.61. The maximum absolute atomic E-state index is 12.7. The molecule has 2 heterocycles. The van der Waals surface area contributed by atoms with Crippen molar-refractivity contribution in [1.82, 2.24) is 4.90 Å². The number of ether oxygens (including phenoxy) is 1. The highest BCUT2D eigenvalue weighted by molar-refractivity contribution is 8.01. The third-order valence-corrected chi connectivity index (χ3v) is 13.6. The van der Waals surface area contributed by atoms with Crippen molar-refractivity contribution in [2.75, 3.05) is 12.5 Å². The summed E-state index contributed by atoms with van der Waals surface area (Å²) in [5, 5.41) is 0.00410. The fraction of sp³-hybridized carbons (Fsp3) is 0.778. The van der Waals surface area contributed by atoms with Gasteiger partial charge in [-0.3, -0.25) is 9.59 Å². The van der Waals surface area contributed by atoms with E-state index in [-0.39, 0.29) is 46.9 Å². The van der Waals surface area contributed by atoms with Crippen LogP contribution in [0.3, 0.4) is 0 Å². The molecule has 25 heavy (non-hydrogen) atoms. The molecule has 0 aliphatic carbocycles. The van der Waals surface area contributed by atoms with E-state index in [0.717, 1.165) is 12.5 Å². The predicted octanol–water partition coefficient (Wildman–Crippen LogP) is 4.12. The molecule has 2 saturated heterocycles. The Kier molecular flexibility index (Phi) is 6.38. The van der Waals surface area contributed by atoms with Gasteiger partial charge in [-0.25, -0.2) is 0 Å². The first-order chi connectivity index (χ1) is 11.5. The van der Waals surface area contributed by atoms with Crippen molar-refractivity contribution >= 4 is 43.3 Å². The molecular formula is C18H30ClNO3SSi. The molecule has 0 radical (unpaired) electrons. The summed E-state index contributed by atoms with van der Waals surface area (Å²) < 4.78 is 5.19. The van der Waals surface area contributed by atoms with Crippen LogP contribution in [0, 0.1) is 5.92 Å². The zero-order chi connectivity index (χ0) is 19.0. The number of thioether (sulfide) groups is 1. The quantitative estimate of drug-likeness (QED) is 0.211. The zero-order valence-corrected chi connectivity index (χ0v) is 18.5. The number of nitrogens with zero attached hydrogens (tertiary/aromatic N) is 1. The minimum atomic E-state index is -1.41. The number of β-lactam (4-membered cyclic amide) rings is 1. The second-order valence-corrected chi connectivity index (χ2v) is 16.0. The molecule has 0 aromatic rings.